The van der Waals surface area contributed by atoms with Gasteiger partial charge in [-0.05, 0) is 38.5 Å². The molecule has 0 bridgehead atoms. The zero-order chi connectivity index (χ0) is 20.8. The van der Waals surface area contributed by atoms with Gasteiger partial charge in [-0.25, -0.2) is 4.79 Å². The number of ether oxygens (including phenoxy) is 1. The molecule has 9 heteroatoms. The number of amides is 3. The zero-order valence-corrected chi connectivity index (χ0v) is 16.7. The maximum absolute atomic E-state index is 12.5. The number of carbonyl (C=O) groups excluding carboxylic acids is 4. The van der Waals surface area contributed by atoms with Crippen LogP contribution in [-0.4, -0.2) is 29.8 Å². The highest BCUT2D eigenvalue weighted by molar-refractivity contribution is 7.16. The lowest BCUT2D eigenvalue weighted by atomic mass is 10.1. The summed E-state index contributed by atoms with van der Waals surface area (Å²) in [4.78, 5) is 48.8. The normalized spacial score (nSPS) is 11.3. The third kappa shape index (κ3) is 5.17. The molecule has 1 heterocycles. The van der Waals surface area contributed by atoms with Gasteiger partial charge in [-0.3, -0.25) is 25.2 Å². The van der Waals surface area contributed by atoms with Crippen LogP contribution in [0, 0.1) is 13.8 Å². The van der Waals surface area contributed by atoms with Crippen LogP contribution in [0.15, 0.2) is 30.3 Å². The van der Waals surface area contributed by atoms with Gasteiger partial charge >= 0.3 is 5.97 Å². The summed E-state index contributed by atoms with van der Waals surface area (Å²) in [6.07, 6.45) is -1.16. The number of esters is 1. The minimum Gasteiger partial charge on any atom is -0.449 e. The molecule has 148 valence electrons. The van der Waals surface area contributed by atoms with Crippen molar-refractivity contribution < 1.29 is 23.9 Å². The molecule has 0 saturated carbocycles. The molecule has 0 aliphatic carbocycles. The number of thiophene rings is 1. The number of carbonyl (C=O) groups is 4. The number of nitrogens with one attached hydrogen (secondary N) is 3. The summed E-state index contributed by atoms with van der Waals surface area (Å²) in [6.45, 7) is 6.27. The molecule has 0 saturated heterocycles. The van der Waals surface area contributed by atoms with Crippen molar-refractivity contribution >= 4 is 40.0 Å². The minimum absolute atomic E-state index is 0.214. The Labute approximate surface area is 166 Å². The second-order valence-corrected chi connectivity index (χ2v) is 7.25. The Bertz CT molecular complexity index is 908. The second-order valence-electron chi connectivity index (χ2n) is 6.03. The van der Waals surface area contributed by atoms with Gasteiger partial charge in [0.15, 0.2) is 6.10 Å². The van der Waals surface area contributed by atoms with Gasteiger partial charge < -0.3 is 10.1 Å². The minimum atomic E-state index is -1.16. The number of anilines is 1. The summed E-state index contributed by atoms with van der Waals surface area (Å²) in [5, 5.41) is 2.97. The van der Waals surface area contributed by atoms with Crippen LogP contribution in [-0.2, 0) is 14.3 Å². The summed E-state index contributed by atoms with van der Waals surface area (Å²) in [5.41, 5.74) is 5.74. The first-order valence-corrected chi connectivity index (χ1v) is 9.26. The fourth-order valence-electron chi connectivity index (χ4n) is 2.28. The second kappa shape index (κ2) is 9.14. The van der Waals surface area contributed by atoms with Gasteiger partial charge in [-0.15, -0.1) is 11.3 Å². The largest absolute Gasteiger partial charge is 0.449 e. The Morgan fingerprint density at radius 1 is 1.04 bits per heavy atom. The first kappa shape index (κ1) is 21.1. The lowest BCUT2D eigenvalue weighted by Crippen LogP contribution is -2.46. The van der Waals surface area contributed by atoms with Gasteiger partial charge in [0, 0.05) is 17.4 Å². The highest BCUT2D eigenvalue weighted by Crippen LogP contribution is 2.33. The van der Waals surface area contributed by atoms with Crippen LogP contribution in [0.4, 0.5) is 5.00 Å². The van der Waals surface area contributed by atoms with Crippen LogP contribution >= 0.6 is 11.3 Å². The van der Waals surface area contributed by atoms with E-state index in [1.54, 1.807) is 37.3 Å². The highest BCUT2D eigenvalue weighted by Gasteiger charge is 2.25. The van der Waals surface area contributed by atoms with E-state index in [9.17, 15) is 19.2 Å². The summed E-state index contributed by atoms with van der Waals surface area (Å²) < 4.78 is 5.21. The van der Waals surface area contributed by atoms with Crippen molar-refractivity contribution in [3.05, 3.63) is 51.9 Å². The van der Waals surface area contributed by atoms with Crippen molar-refractivity contribution in [1.82, 2.24) is 10.9 Å². The van der Waals surface area contributed by atoms with Gasteiger partial charge in [0.2, 0.25) is 5.91 Å². The zero-order valence-electron chi connectivity index (χ0n) is 15.9. The molecule has 0 fully saturated rings. The number of rotatable bonds is 5. The first-order chi connectivity index (χ1) is 13.2. The fraction of sp³-hybridized carbons (Fsp3) is 0.263. The van der Waals surface area contributed by atoms with Crippen LogP contribution in [0.2, 0.25) is 0 Å². The number of hydrogen-bond acceptors (Lipinski definition) is 6. The smallest absolute Gasteiger partial charge is 0.342 e. The quantitative estimate of drug-likeness (QED) is 0.524. The number of hydrogen-bond donors (Lipinski definition) is 3. The predicted molar refractivity (Wildman–Crippen MR) is 105 cm³/mol. The molecule has 0 unspecified atom stereocenters. The van der Waals surface area contributed by atoms with Crippen molar-refractivity contribution in [2.45, 2.75) is 33.8 Å². The molecular weight excluding hydrogens is 382 g/mol. The van der Waals surface area contributed by atoms with E-state index in [1.807, 2.05) is 6.92 Å². The molecule has 1 aromatic heterocycles. The maximum Gasteiger partial charge on any atom is 0.342 e. The molecule has 2 aromatic rings. The summed E-state index contributed by atoms with van der Waals surface area (Å²) in [6, 6.07) is 8.34. The van der Waals surface area contributed by atoms with E-state index >= 15 is 0 Å². The van der Waals surface area contributed by atoms with E-state index < -0.39 is 23.9 Å². The van der Waals surface area contributed by atoms with Crippen LogP contribution in [0.5, 0.6) is 0 Å². The van der Waals surface area contributed by atoms with Gasteiger partial charge in [-0.2, -0.15) is 0 Å². The highest BCUT2D eigenvalue weighted by atomic mass is 32.1. The molecule has 3 N–H and O–H groups in total. The molecule has 1 atom stereocenters. The van der Waals surface area contributed by atoms with Crippen LogP contribution in [0.1, 0.15) is 45.0 Å². The topological polar surface area (TPSA) is 114 Å². The molecule has 3 amide bonds. The third-order valence-electron chi connectivity index (χ3n) is 3.87. The Hall–Kier alpha value is -3.20. The van der Waals surface area contributed by atoms with E-state index in [4.69, 9.17) is 4.74 Å². The van der Waals surface area contributed by atoms with E-state index in [0.29, 0.717) is 16.1 Å². The average molecular weight is 403 g/mol. The number of benzene rings is 1. The molecule has 0 radical (unpaired) electrons. The van der Waals surface area contributed by atoms with E-state index in [1.165, 1.54) is 25.2 Å². The third-order valence-corrected chi connectivity index (χ3v) is 4.99. The Morgan fingerprint density at radius 3 is 2.29 bits per heavy atom. The number of hydrazine groups is 1. The first-order valence-electron chi connectivity index (χ1n) is 8.44. The molecule has 8 nitrogen and oxygen atoms in total. The van der Waals surface area contributed by atoms with Gasteiger partial charge in [-0.1, -0.05) is 18.2 Å². The lowest BCUT2D eigenvalue weighted by Gasteiger charge is -2.15. The summed E-state index contributed by atoms with van der Waals surface area (Å²) in [5.74, 6) is -2.24. The monoisotopic (exact) mass is 403 g/mol. The van der Waals surface area contributed by atoms with Crippen LogP contribution < -0.4 is 16.2 Å². The Kier molecular flexibility index (Phi) is 6.89. The SMILES string of the molecule is CC(=O)Nc1sc(C)c(C)c1C(=O)O[C@@H](C)C(=O)NNC(=O)c1ccccc1. The maximum atomic E-state index is 12.5. The summed E-state index contributed by atoms with van der Waals surface area (Å²) >= 11 is 1.25. The summed E-state index contributed by atoms with van der Waals surface area (Å²) in [7, 11) is 0. The Balaban J connectivity index is 1.99. The molecule has 0 spiro atoms. The van der Waals surface area contributed by atoms with Gasteiger partial charge in [0.05, 0.1) is 5.56 Å². The lowest BCUT2D eigenvalue weighted by molar-refractivity contribution is -0.129. The molecule has 2 rings (SSSR count). The van der Waals surface area contributed by atoms with Crippen molar-refractivity contribution in [3.8, 4) is 0 Å². The molecular formula is C19H21N3O5S. The fourth-order valence-corrected chi connectivity index (χ4v) is 3.37. The standard InChI is InChI=1S/C19H21N3O5S/c1-10-12(3)28-18(20-13(4)23)15(10)19(26)27-11(2)16(24)21-22-17(25)14-8-6-5-7-9-14/h5-9,11H,1-4H3,(H,20,23)(H,21,24)(H,22,25)/t11-/m0/s1. The van der Waals surface area contributed by atoms with E-state index in [2.05, 4.69) is 16.2 Å². The number of aryl methyl sites for hydroxylation is 1. The van der Waals surface area contributed by atoms with Crippen LogP contribution in [0.3, 0.4) is 0 Å². The van der Waals surface area contributed by atoms with Crippen LogP contribution in [0.25, 0.3) is 0 Å². The molecule has 1 aromatic carbocycles. The molecule has 0 aliphatic heterocycles. The van der Waals surface area contributed by atoms with Crippen molar-refractivity contribution in [2.75, 3.05) is 5.32 Å². The molecule has 28 heavy (non-hydrogen) atoms. The molecule has 0 aliphatic rings. The van der Waals surface area contributed by atoms with Gasteiger partial charge in [0.1, 0.15) is 5.00 Å². The average Bonchev–Trinajstić information content (AvgIpc) is 2.92. The van der Waals surface area contributed by atoms with Gasteiger partial charge in [0.25, 0.3) is 11.8 Å². The van der Waals surface area contributed by atoms with Crippen molar-refractivity contribution in [1.29, 1.82) is 0 Å². The Morgan fingerprint density at radius 2 is 1.68 bits per heavy atom. The van der Waals surface area contributed by atoms with Crippen molar-refractivity contribution in [2.24, 2.45) is 0 Å². The predicted octanol–water partition coefficient (Wildman–Crippen LogP) is 2.33. The van der Waals surface area contributed by atoms with E-state index in [0.717, 1.165) is 4.88 Å². The van der Waals surface area contributed by atoms with Crippen molar-refractivity contribution in [3.63, 3.8) is 0 Å². The van der Waals surface area contributed by atoms with E-state index in [-0.39, 0.29) is 11.5 Å².